The maximum atomic E-state index is 12.8. The van der Waals surface area contributed by atoms with E-state index in [9.17, 15) is 9.59 Å². The molecule has 1 N–H and O–H groups in total. The van der Waals surface area contributed by atoms with Crippen molar-refractivity contribution < 1.29 is 28.5 Å². The monoisotopic (exact) mass is 458 g/mol. The highest BCUT2D eigenvalue weighted by molar-refractivity contribution is 6.32. The molecule has 2 aromatic rings. The molecule has 9 heteroatoms. The Morgan fingerprint density at radius 2 is 1.78 bits per heavy atom. The minimum Gasteiger partial charge on any atom is -0.489 e. The lowest BCUT2D eigenvalue weighted by molar-refractivity contribution is -0.126. The zero-order valence-electron chi connectivity index (χ0n) is 17.4. The summed E-state index contributed by atoms with van der Waals surface area (Å²) in [7, 11) is 0. The van der Waals surface area contributed by atoms with Gasteiger partial charge in [0.1, 0.15) is 13.2 Å². The zero-order valence-corrected chi connectivity index (χ0v) is 18.2. The lowest BCUT2D eigenvalue weighted by atomic mass is 10.1. The van der Waals surface area contributed by atoms with Gasteiger partial charge < -0.3 is 29.2 Å². The van der Waals surface area contributed by atoms with Gasteiger partial charge in [0.25, 0.3) is 0 Å². The quantitative estimate of drug-likeness (QED) is 0.758. The maximum absolute atomic E-state index is 12.8. The number of fused-ring (bicyclic) bond motifs is 2. The number of benzene rings is 2. The minimum absolute atomic E-state index is 0.0968. The van der Waals surface area contributed by atoms with Crippen molar-refractivity contribution in [3.8, 4) is 23.0 Å². The van der Waals surface area contributed by atoms with Gasteiger partial charge in [0.15, 0.2) is 23.0 Å². The molecule has 0 radical (unpaired) electrons. The summed E-state index contributed by atoms with van der Waals surface area (Å²) in [6.07, 6.45) is 0.939. The second-order valence-electron chi connectivity index (χ2n) is 7.91. The van der Waals surface area contributed by atoms with Gasteiger partial charge >= 0.3 is 0 Å². The molecular weight excluding hydrogens is 436 g/mol. The smallest absolute Gasteiger partial charge is 0.227 e. The molecule has 168 valence electrons. The van der Waals surface area contributed by atoms with E-state index in [2.05, 4.69) is 5.32 Å². The van der Waals surface area contributed by atoms with Crippen molar-refractivity contribution in [3.63, 3.8) is 0 Å². The first kappa shape index (κ1) is 20.8. The number of anilines is 1. The predicted molar refractivity (Wildman–Crippen MR) is 117 cm³/mol. The molecule has 0 saturated carbocycles. The van der Waals surface area contributed by atoms with Gasteiger partial charge in [-0.3, -0.25) is 9.59 Å². The number of halogens is 1. The Labute approximate surface area is 190 Å². The van der Waals surface area contributed by atoms with Crippen molar-refractivity contribution >= 4 is 29.1 Å². The third-order valence-electron chi connectivity index (χ3n) is 5.66. The number of hydrogen-bond acceptors (Lipinski definition) is 6. The van der Waals surface area contributed by atoms with E-state index in [0.29, 0.717) is 66.7 Å². The summed E-state index contributed by atoms with van der Waals surface area (Å²) in [4.78, 5) is 27.0. The molecule has 1 fully saturated rings. The largest absolute Gasteiger partial charge is 0.489 e. The first-order valence-electron chi connectivity index (χ1n) is 10.6. The van der Waals surface area contributed by atoms with Gasteiger partial charge in [-0.2, -0.15) is 0 Å². The fourth-order valence-electron chi connectivity index (χ4n) is 4.05. The van der Waals surface area contributed by atoms with E-state index in [4.69, 9.17) is 30.5 Å². The number of carbonyl (C=O) groups excluding carboxylic acids is 2. The number of amides is 2. The van der Waals surface area contributed by atoms with Crippen molar-refractivity contribution in [1.29, 1.82) is 0 Å². The molecule has 32 heavy (non-hydrogen) atoms. The first-order chi connectivity index (χ1) is 15.6. The highest BCUT2D eigenvalue weighted by Gasteiger charge is 2.35. The summed E-state index contributed by atoms with van der Waals surface area (Å²) in [6, 6.07) is 8.97. The standard InChI is InChI=1S/C23H23ClN2O6/c24-17-8-14(9-20-22(17)32-5-1-4-29-20)12-25-23(28)15-10-21(27)26(13-15)16-2-3-18-19(11-16)31-7-6-30-18/h2-3,8-9,11,15H,1,4-7,10,12-13H2,(H,25,28). The fraction of sp³-hybridized carbons (Fsp3) is 0.391. The Bertz CT molecular complexity index is 1060. The van der Waals surface area contributed by atoms with Crippen LogP contribution in [0.1, 0.15) is 18.4 Å². The van der Waals surface area contributed by atoms with E-state index >= 15 is 0 Å². The summed E-state index contributed by atoms with van der Waals surface area (Å²) in [5.74, 6) is 1.68. The normalized spacial score (nSPS) is 19.5. The molecule has 3 aliphatic rings. The Kier molecular flexibility index (Phi) is 5.70. The maximum Gasteiger partial charge on any atom is 0.227 e. The van der Waals surface area contributed by atoms with E-state index in [1.165, 1.54) is 0 Å². The molecular formula is C23H23ClN2O6. The molecule has 1 saturated heterocycles. The van der Waals surface area contributed by atoms with E-state index in [0.717, 1.165) is 12.0 Å². The van der Waals surface area contributed by atoms with Gasteiger partial charge in [-0.25, -0.2) is 0 Å². The van der Waals surface area contributed by atoms with Crippen LogP contribution >= 0.6 is 11.6 Å². The van der Waals surface area contributed by atoms with E-state index < -0.39 is 5.92 Å². The van der Waals surface area contributed by atoms with Crippen LogP contribution in [0.15, 0.2) is 30.3 Å². The van der Waals surface area contributed by atoms with Crippen LogP contribution in [0.2, 0.25) is 5.02 Å². The Balaban J connectivity index is 1.23. The van der Waals surface area contributed by atoms with Crippen LogP contribution in [0.5, 0.6) is 23.0 Å². The fourth-order valence-corrected chi connectivity index (χ4v) is 4.34. The molecule has 1 unspecified atom stereocenters. The molecule has 0 aromatic heterocycles. The average molecular weight is 459 g/mol. The molecule has 0 spiro atoms. The average Bonchev–Trinajstić information content (AvgIpc) is 3.03. The third kappa shape index (κ3) is 4.14. The van der Waals surface area contributed by atoms with Crippen molar-refractivity contribution in [2.75, 3.05) is 37.9 Å². The van der Waals surface area contributed by atoms with Crippen molar-refractivity contribution in [2.24, 2.45) is 5.92 Å². The third-order valence-corrected chi connectivity index (χ3v) is 5.94. The minimum atomic E-state index is -0.438. The number of ether oxygens (including phenoxy) is 4. The number of nitrogens with one attached hydrogen (secondary N) is 1. The summed E-state index contributed by atoms with van der Waals surface area (Å²) in [5.41, 5.74) is 1.50. The van der Waals surface area contributed by atoms with Gasteiger partial charge in [-0.1, -0.05) is 11.6 Å². The van der Waals surface area contributed by atoms with Crippen molar-refractivity contribution in [2.45, 2.75) is 19.4 Å². The van der Waals surface area contributed by atoms with Crippen molar-refractivity contribution in [3.05, 3.63) is 40.9 Å². The second-order valence-corrected chi connectivity index (χ2v) is 8.31. The SMILES string of the molecule is O=C(NCc1cc(Cl)c2c(c1)OCCCO2)C1CC(=O)N(c2ccc3c(c2)OCCO3)C1. The first-order valence-corrected chi connectivity index (χ1v) is 11.0. The number of rotatable bonds is 4. The Morgan fingerprint density at radius 3 is 2.66 bits per heavy atom. The highest BCUT2D eigenvalue weighted by atomic mass is 35.5. The predicted octanol–water partition coefficient (Wildman–Crippen LogP) is 2.94. The highest BCUT2D eigenvalue weighted by Crippen LogP contribution is 2.38. The molecule has 3 heterocycles. The number of carbonyl (C=O) groups is 2. The summed E-state index contributed by atoms with van der Waals surface area (Å²) < 4.78 is 22.5. The second kappa shape index (κ2) is 8.78. The topological polar surface area (TPSA) is 86.3 Å². The van der Waals surface area contributed by atoms with E-state index in [1.807, 2.05) is 12.1 Å². The van der Waals surface area contributed by atoms with E-state index in [-0.39, 0.29) is 24.8 Å². The van der Waals surface area contributed by atoms with Crippen LogP contribution < -0.4 is 29.2 Å². The van der Waals surface area contributed by atoms with Crippen LogP contribution in [-0.2, 0) is 16.1 Å². The molecule has 5 rings (SSSR count). The summed E-state index contributed by atoms with van der Waals surface area (Å²) >= 11 is 6.33. The lowest BCUT2D eigenvalue weighted by Crippen LogP contribution is -2.32. The molecule has 2 amide bonds. The van der Waals surface area contributed by atoms with Gasteiger partial charge in [0.2, 0.25) is 11.8 Å². The van der Waals surface area contributed by atoms with Crippen LogP contribution in [-0.4, -0.2) is 44.8 Å². The number of nitrogens with zero attached hydrogens (tertiary/aromatic N) is 1. The van der Waals surface area contributed by atoms with Crippen LogP contribution in [0.25, 0.3) is 0 Å². The van der Waals surface area contributed by atoms with Crippen LogP contribution in [0.3, 0.4) is 0 Å². The molecule has 0 bridgehead atoms. The molecule has 3 aliphatic heterocycles. The Hall–Kier alpha value is -3.13. The summed E-state index contributed by atoms with van der Waals surface area (Å²) in [5, 5.41) is 3.37. The van der Waals surface area contributed by atoms with Gasteiger partial charge in [0, 0.05) is 37.7 Å². The van der Waals surface area contributed by atoms with Gasteiger partial charge in [-0.05, 0) is 29.8 Å². The van der Waals surface area contributed by atoms with E-state index in [1.54, 1.807) is 23.1 Å². The van der Waals surface area contributed by atoms with Gasteiger partial charge in [-0.15, -0.1) is 0 Å². The molecule has 2 aromatic carbocycles. The number of hydrogen-bond donors (Lipinski definition) is 1. The Morgan fingerprint density at radius 1 is 1.00 bits per heavy atom. The summed E-state index contributed by atoms with van der Waals surface area (Å²) in [6.45, 7) is 2.68. The van der Waals surface area contributed by atoms with Crippen LogP contribution in [0, 0.1) is 5.92 Å². The van der Waals surface area contributed by atoms with Crippen molar-refractivity contribution in [1.82, 2.24) is 5.32 Å². The lowest BCUT2D eigenvalue weighted by Gasteiger charge is -2.22. The molecule has 8 nitrogen and oxygen atoms in total. The molecule has 0 aliphatic carbocycles. The molecule has 1 atom stereocenters. The zero-order chi connectivity index (χ0) is 22.1. The van der Waals surface area contributed by atoms with Gasteiger partial charge in [0.05, 0.1) is 24.2 Å². The van der Waals surface area contributed by atoms with Crippen LogP contribution in [0.4, 0.5) is 5.69 Å².